The molecule has 6 rings (SSSR count). The number of fused-ring (bicyclic) bond motifs is 8. The van der Waals surface area contributed by atoms with E-state index in [1.54, 1.807) is 12.4 Å². The minimum Gasteiger partial charge on any atom is -0.481 e. The van der Waals surface area contributed by atoms with Gasteiger partial charge in [-0.05, 0) is 97.2 Å². The summed E-state index contributed by atoms with van der Waals surface area (Å²) in [6.07, 6.45) is 14.7. The number of aliphatic hydroxyl groups is 1. The summed E-state index contributed by atoms with van der Waals surface area (Å²) in [5.74, 6) is 0.375. The van der Waals surface area contributed by atoms with Crippen LogP contribution in [0.5, 0.6) is 0 Å². The van der Waals surface area contributed by atoms with E-state index in [4.69, 9.17) is 9.97 Å². The third-order valence-corrected chi connectivity index (χ3v) is 13.3. The van der Waals surface area contributed by atoms with Crippen LogP contribution in [0, 0.1) is 44.8 Å². The maximum atomic E-state index is 12.9. The van der Waals surface area contributed by atoms with Crippen LogP contribution in [0.4, 0.5) is 0 Å². The Kier molecular flexibility index (Phi) is 5.29. The van der Waals surface area contributed by atoms with Gasteiger partial charge in [-0.15, -0.1) is 0 Å². The van der Waals surface area contributed by atoms with Crippen molar-refractivity contribution in [3.63, 3.8) is 0 Å². The lowest BCUT2D eigenvalue weighted by atomic mass is 9.33. The summed E-state index contributed by atoms with van der Waals surface area (Å²) in [6.45, 7) is 14.5. The number of allylic oxidation sites excluding steroid dienone is 2. The summed E-state index contributed by atoms with van der Waals surface area (Å²) in [5.41, 5.74) is 2.81. The van der Waals surface area contributed by atoms with Gasteiger partial charge in [0.05, 0.1) is 23.4 Å². The normalized spacial score (nSPS) is 47.9. The molecule has 0 aliphatic heterocycles. The molecular weight excluding hydrogens is 460 g/mol. The van der Waals surface area contributed by atoms with Gasteiger partial charge < -0.3 is 10.2 Å². The number of carboxylic acid groups (broad SMARTS) is 1. The third kappa shape index (κ3) is 3.04. The lowest BCUT2D eigenvalue weighted by Crippen LogP contribution is -2.65. The maximum Gasteiger partial charge on any atom is 0.310 e. The number of aliphatic carboxylic acids is 1. The first-order chi connectivity index (χ1) is 17.3. The van der Waals surface area contributed by atoms with Crippen LogP contribution in [0.1, 0.15) is 104 Å². The zero-order valence-electron chi connectivity index (χ0n) is 23.7. The van der Waals surface area contributed by atoms with Gasteiger partial charge in [-0.1, -0.05) is 53.2 Å². The second kappa shape index (κ2) is 7.67. The first-order valence-electron chi connectivity index (χ1n) is 14.6. The molecule has 3 fully saturated rings. The third-order valence-electron chi connectivity index (χ3n) is 13.3. The number of nitrogens with zero attached hydrogens (tertiary/aromatic N) is 2. The average Bonchev–Trinajstić information content (AvgIpc) is 2.83. The molecule has 0 amide bonds. The van der Waals surface area contributed by atoms with Crippen LogP contribution in [-0.2, 0) is 16.6 Å². The molecule has 0 bridgehead atoms. The Bertz CT molecular complexity index is 1180. The Morgan fingerprint density at radius 1 is 0.973 bits per heavy atom. The van der Waals surface area contributed by atoms with Crippen molar-refractivity contribution in [2.75, 3.05) is 6.61 Å². The highest BCUT2D eigenvalue weighted by molar-refractivity contribution is 5.76. The number of rotatable bonds is 2. The summed E-state index contributed by atoms with van der Waals surface area (Å²) in [7, 11) is 0. The smallest absolute Gasteiger partial charge is 0.310 e. The predicted octanol–water partition coefficient (Wildman–Crippen LogP) is 6.35. The number of hydrogen-bond acceptors (Lipinski definition) is 4. The van der Waals surface area contributed by atoms with Gasteiger partial charge in [0.15, 0.2) is 0 Å². The Morgan fingerprint density at radius 2 is 1.68 bits per heavy atom. The molecule has 8 atom stereocenters. The summed E-state index contributed by atoms with van der Waals surface area (Å²) in [5, 5.41) is 21.3. The minimum atomic E-state index is -0.597. The van der Waals surface area contributed by atoms with Gasteiger partial charge in [-0.25, -0.2) is 0 Å². The topological polar surface area (TPSA) is 83.3 Å². The molecule has 202 valence electrons. The molecular formula is C32H46N2O3. The first kappa shape index (κ1) is 25.5. The molecule has 0 aromatic carbocycles. The van der Waals surface area contributed by atoms with Gasteiger partial charge in [0, 0.05) is 17.8 Å². The summed E-state index contributed by atoms with van der Waals surface area (Å²) >= 11 is 0. The number of aromatic nitrogens is 2. The van der Waals surface area contributed by atoms with Crippen LogP contribution in [0.3, 0.4) is 0 Å². The van der Waals surface area contributed by atoms with Crippen molar-refractivity contribution in [3.8, 4) is 0 Å². The molecule has 1 aromatic rings. The van der Waals surface area contributed by atoms with E-state index in [0.717, 1.165) is 69.2 Å². The molecule has 1 aromatic heterocycles. The molecule has 37 heavy (non-hydrogen) atoms. The molecule has 5 aliphatic carbocycles. The fraction of sp³-hybridized carbons (Fsp3) is 0.781. The zero-order valence-corrected chi connectivity index (χ0v) is 23.7. The molecule has 0 radical (unpaired) electrons. The Balaban J connectivity index is 1.47. The van der Waals surface area contributed by atoms with Crippen molar-refractivity contribution in [2.45, 2.75) is 105 Å². The van der Waals surface area contributed by atoms with Crippen molar-refractivity contribution >= 4 is 5.97 Å². The van der Waals surface area contributed by atoms with E-state index in [1.165, 1.54) is 5.57 Å². The van der Waals surface area contributed by atoms with E-state index in [1.807, 2.05) is 0 Å². The minimum absolute atomic E-state index is 0.000801. The molecule has 2 N–H and O–H groups in total. The molecule has 0 spiro atoms. The average molecular weight is 507 g/mol. The second-order valence-corrected chi connectivity index (χ2v) is 15.3. The first-order valence-corrected chi connectivity index (χ1v) is 14.6. The fourth-order valence-corrected chi connectivity index (χ4v) is 11.0. The van der Waals surface area contributed by atoms with E-state index in [9.17, 15) is 15.0 Å². The number of carbonyl (C=O) groups is 1. The summed E-state index contributed by atoms with van der Waals surface area (Å²) in [6, 6.07) is 0. The lowest BCUT2D eigenvalue weighted by molar-refractivity contribution is -0.179. The van der Waals surface area contributed by atoms with Crippen LogP contribution in [0.15, 0.2) is 24.0 Å². The Morgan fingerprint density at radius 3 is 2.38 bits per heavy atom. The highest BCUT2D eigenvalue weighted by Crippen LogP contribution is 2.75. The number of carboxylic acids is 1. The molecule has 5 aliphatic rings. The standard InChI is InChI=1S/C32H46N2O3/c1-27(2)11-13-32(26(36)37)14-12-30(5)20(21(32)17-27)7-8-24-28(3)18-22-25(34-16-15-33-22)29(4,19-35)23(28)9-10-31(24,30)6/h7,15-16,21,23-24,35H,8-14,17-19H2,1-6H3,(H,36,37)/t21-,23+,24+,28-,29-,30+,31+,32-/m0/s1. The van der Waals surface area contributed by atoms with Crippen molar-refractivity contribution in [3.05, 3.63) is 35.4 Å². The van der Waals surface area contributed by atoms with Crippen molar-refractivity contribution < 1.29 is 15.0 Å². The molecule has 1 heterocycles. The number of aliphatic hydroxyl groups excluding tert-OH is 1. The van der Waals surface area contributed by atoms with E-state index >= 15 is 0 Å². The molecule has 5 nitrogen and oxygen atoms in total. The highest BCUT2D eigenvalue weighted by atomic mass is 16.4. The van der Waals surface area contributed by atoms with Gasteiger partial charge in [-0.2, -0.15) is 0 Å². The van der Waals surface area contributed by atoms with Gasteiger partial charge in [0.2, 0.25) is 0 Å². The largest absolute Gasteiger partial charge is 0.481 e. The predicted molar refractivity (Wildman–Crippen MR) is 144 cm³/mol. The van der Waals surface area contributed by atoms with Crippen LogP contribution in [0.2, 0.25) is 0 Å². The summed E-state index contributed by atoms with van der Waals surface area (Å²) in [4.78, 5) is 22.4. The van der Waals surface area contributed by atoms with Gasteiger partial charge in [0.1, 0.15) is 0 Å². The maximum absolute atomic E-state index is 12.9. The van der Waals surface area contributed by atoms with E-state index in [-0.39, 0.29) is 39.6 Å². The van der Waals surface area contributed by atoms with Gasteiger partial charge >= 0.3 is 5.97 Å². The quantitative estimate of drug-likeness (QED) is 0.457. The van der Waals surface area contributed by atoms with Crippen molar-refractivity contribution in [2.24, 2.45) is 44.8 Å². The summed E-state index contributed by atoms with van der Waals surface area (Å²) < 4.78 is 0. The fourth-order valence-electron chi connectivity index (χ4n) is 11.0. The van der Waals surface area contributed by atoms with Crippen LogP contribution >= 0.6 is 0 Å². The Labute approximate surface area is 222 Å². The van der Waals surface area contributed by atoms with Crippen LogP contribution in [-0.4, -0.2) is 32.8 Å². The molecule has 3 saturated carbocycles. The van der Waals surface area contributed by atoms with Crippen molar-refractivity contribution in [1.29, 1.82) is 0 Å². The Hall–Kier alpha value is -1.75. The second-order valence-electron chi connectivity index (χ2n) is 15.3. The monoisotopic (exact) mass is 506 g/mol. The highest BCUT2D eigenvalue weighted by Gasteiger charge is 2.69. The van der Waals surface area contributed by atoms with E-state index < -0.39 is 11.4 Å². The molecule has 0 unspecified atom stereocenters. The van der Waals surface area contributed by atoms with Crippen molar-refractivity contribution in [1.82, 2.24) is 9.97 Å². The van der Waals surface area contributed by atoms with Gasteiger partial charge in [0.25, 0.3) is 0 Å². The van der Waals surface area contributed by atoms with Gasteiger partial charge in [-0.3, -0.25) is 14.8 Å². The van der Waals surface area contributed by atoms with Crippen LogP contribution < -0.4 is 0 Å². The molecule has 5 heteroatoms. The van der Waals surface area contributed by atoms with E-state index in [2.05, 4.69) is 47.6 Å². The number of hydrogen-bond donors (Lipinski definition) is 2. The molecule has 0 saturated heterocycles. The zero-order chi connectivity index (χ0) is 26.6. The SMILES string of the molecule is CC1(C)CC[C@]2(C(=O)O)CC[C@]3(C)C(=CC[C@@H]4[C@@]5(C)Cc6nccnc6[C@@](C)(CO)[C@@H]5CC[C@]43C)[C@@H]2C1. The van der Waals surface area contributed by atoms with Crippen LogP contribution in [0.25, 0.3) is 0 Å². The lowest BCUT2D eigenvalue weighted by Gasteiger charge is -2.70. The van der Waals surface area contributed by atoms with E-state index in [0.29, 0.717) is 11.8 Å².